The number of rotatable bonds is 6. The second kappa shape index (κ2) is 6.66. The fraction of sp³-hybridized carbons (Fsp3) is 0.214. The van der Waals surface area contributed by atoms with Gasteiger partial charge in [-0.25, -0.2) is 24.0 Å². The van der Waals surface area contributed by atoms with Crippen molar-refractivity contribution in [1.29, 1.82) is 0 Å². The summed E-state index contributed by atoms with van der Waals surface area (Å²) in [4.78, 5) is 4.01. The van der Waals surface area contributed by atoms with Gasteiger partial charge in [-0.2, -0.15) is 0 Å². The first-order chi connectivity index (χ1) is 10.0. The Morgan fingerprint density at radius 3 is 2.48 bits per heavy atom. The third-order valence-electron chi connectivity index (χ3n) is 3.14. The number of hydrazine groups is 1. The van der Waals surface area contributed by atoms with E-state index in [0.29, 0.717) is 12.4 Å². The Balaban J connectivity index is 2.04. The third-order valence-corrected chi connectivity index (χ3v) is 4.55. The zero-order chi connectivity index (χ0) is 15.3. The lowest BCUT2D eigenvalue weighted by molar-refractivity contribution is 0.574. The second-order valence-corrected chi connectivity index (χ2v) is 6.45. The lowest BCUT2D eigenvalue weighted by Crippen LogP contribution is -2.27. The predicted octanol–water partition coefficient (Wildman–Crippen LogP) is 1.45. The van der Waals surface area contributed by atoms with Gasteiger partial charge in [0.2, 0.25) is 10.0 Å². The van der Waals surface area contributed by atoms with Gasteiger partial charge in [0.05, 0.1) is 0 Å². The summed E-state index contributed by atoms with van der Waals surface area (Å²) in [6.45, 7) is 2.29. The van der Waals surface area contributed by atoms with Gasteiger partial charge in [0.25, 0.3) is 0 Å². The lowest BCUT2D eigenvalue weighted by atomic mass is 10.0. The summed E-state index contributed by atoms with van der Waals surface area (Å²) in [5.74, 6) is 5.69. The summed E-state index contributed by atoms with van der Waals surface area (Å²) < 4.78 is 26.9. The molecule has 0 spiro atoms. The van der Waals surface area contributed by atoms with E-state index in [-0.39, 0.29) is 10.8 Å². The summed E-state index contributed by atoms with van der Waals surface area (Å²) in [6, 6.07) is 12.7. The summed E-state index contributed by atoms with van der Waals surface area (Å²) in [5, 5.41) is 0. The summed E-state index contributed by atoms with van der Waals surface area (Å²) >= 11 is 0. The van der Waals surface area contributed by atoms with Gasteiger partial charge in [0, 0.05) is 12.7 Å². The van der Waals surface area contributed by atoms with Crippen molar-refractivity contribution < 1.29 is 8.42 Å². The number of aromatic nitrogens is 1. The number of nitrogens with one attached hydrogen (secondary N) is 2. The van der Waals surface area contributed by atoms with Crippen LogP contribution in [-0.2, 0) is 10.0 Å². The van der Waals surface area contributed by atoms with Gasteiger partial charge >= 0.3 is 0 Å². The Hall–Kier alpha value is -1.96. The van der Waals surface area contributed by atoms with E-state index in [1.54, 1.807) is 0 Å². The summed E-state index contributed by atoms with van der Waals surface area (Å²) in [6.07, 6.45) is 1.27. The van der Waals surface area contributed by atoms with E-state index in [4.69, 9.17) is 5.84 Å². The van der Waals surface area contributed by atoms with Crippen LogP contribution in [-0.4, -0.2) is 19.9 Å². The molecule has 7 heteroatoms. The van der Waals surface area contributed by atoms with E-state index < -0.39 is 10.0 Å². The minimum Gasteiger partial charge on any atom is -0.308 e. The van der Waals surface area contributed by atoms with Crippen LogP contribution >= 0.6 is 0 Å². The SMILES string of the molecule is CC(CNS(=O)(=O)c1ccc(NN)nc1)c1ccccc1. The van der Waals surface area contributed by atoms with Gasteiger partial charge < -0.3 is 5.43 Å². The van der Waals surface area contributed by atoms with E-state index in [1.807, 2.05) is 37.3 Å². The van der Waals surface area contributed by atoms with E-state index in [1.165, 1.54) is 18.3 Å². The van der Waals surface area contributed by atoms with Crippen LogP contribution in [0.15, 0.2) is 53.6 Å². The number of benzene rings is 1. The highest BCUT2D eigenvalue weighted by molar-refractivity contribution is 7.89. The van der Waals surface area contributed by atoms with Crippen molar-refractivity contribution in [1.82, 2.24) is 9.71 Å². The molecule has 0 aliphatic carbocycles. The molecule has 0 fully saturated rings. The van der Waals surface area contributed by atoms with Crippen molar-refractivity contribution in [2.45, 2.75) is 17.7 Å². The lowest BCUT2D eigenvalue weighted by Gasteiger charge is -2.13. The van der Waals surface area contributed by atoms with Gasteiger partial charge in [0.1, 0.15) is 10.7 Å². The zero-order valence-corrected chi connectivity index (χ0v) is 12.5. The monoisotopic (exact) mass is 306 g/mol. The average molecular weight is 306 g/mol. The largest absolute Gasteiger partial charge is 0.308 e. The molecule has 21 heavy (non-hydrogen) atoms. The Bertz CT molecular complexity index is 672. The molecule has 2 rings (SSSR count). The van der Waals surface area contributed by atoms with Crippen LogP contribution in [0, 0.1) is 0 Å². The molecule has 0 aliphatic heterocycles. The maximum absolute atomic E-state index is 12.2. The van der Waals surface area contributed by atoms with Crippen LogP contribution < -0.4 is 16.0 Å². The average Bonchev–Trinajstić information content (AvgIpc) is 2.53. The molecule has 0 amide bonds. The van der Waals surface area contributed by atoms with Crippen LogP contribution in [0.4, 0.5) is 5.82 Å². The van der Waals surface area contributed by atoms with Gasteiger partial charge in [-0.15, -0.1) is 0 Å². The Morgan fingerprint density at radius 1 is 1.19 bits per heavy atom. The summed E-state index contributed by atoms with van der Waals surface area (Å²) in [5.41, 5.74) is 3.44. The van der Waals surface area contributed by atoms with Crippen LogP contribution in [0.1, 0.15) is 18.4 Å². The predicted molar refractivity (Wildman–Crippen MR) is 82.1 cm³/mol. The quantitative estimate of drug-likeness (QED) is 0.554. The molecule has 1 unspecified atom stereocenters. The topological polar surface area (TPSA) is 97.1 Å². The molecule has 6 nitrogen and oxygen atoms in total. The molecule has 1 aromatic heterocycles. The molecule has 0 radical (unpaired) electrons. The first-order valence-corrected chi connectivity index (χ1v) is 7.98. The fourth-order valence-corrected chi connectivity index (χ4v) is 2.92. The van der Waals surface area contributed by atoms with Crippen molar-refractivity contribution in [2.24, 2.45) is 5.84 Å². The number of hydrogen-bond donors (Lipinski definition) is 3. The zero-order valence-electron chi connectivity index (χ0n) is 11.7. The fourth-order valence-electron chi connectivity index (χ4n) is 1.84. The van der Waals surface area contributed by atoms with Crippen molar-refractivity contribution in [2.75, 3.05) is 12.0 Å². The smallest absolute Gasteiger partial charge is 0.242 e. The Labute approximate surface area is 124 Å². The van der Waals surface area contributed by atoms with Crippen LogP contribution in [0.3, 0.4) is 0 Å². The molecule has 4 N–H and O–H groups in total. The van der Waals surface area contributed by atoms with Crippen molar-refractivity contribution >= 4 is 15.8 Å². The molecular weight excluding hydrogens is 288 g/mol. The van der Waals surface area contributed by atoms with E-state index in [2.05, 4.69) is 15.1 Å². The molecule has 1 heterocycles. The normalized spacial score (nSPS) is 12.9. The first-order valence-electron chi connectivity index (χ1n) is 6.50. The maximum atomic E-state index is 12.2. The molecule has 1 aromatic carbocycles. The second-order valence-electron chi connectivity index (χ2n) is 4.69. The highest BCUT2D eigenvalue weighted by atomic mass is 32.2. The molecule has 0 aliphatic rings. The third kappa shape index (κ3) is 4.01. The number of anilines is 1. The molecule has 0 saturated heterocycles. The number of sulfonamides is 1. The molecule has 2 aromatic rings. The Kier molecular flexibility index (Phi) is 4.89. The number of nitrogen functional groups attached to an aromatic ring is 1. The highest BCUT2D eigenvalue weighted by Crippen LogP contribution is 2.15. The van der Waals surface area contributed by atoms with Crippen LogP contribution in [0.2, 0.25) is 0 Å². The van der Waals surface area contributed by atoms with Crippen LogP contribution in [0.5, 0.6) is 0 Å². The van der Waals surface area contributed by atoms with Crippen molar-refractivity contribution in [3.63, 3.8) is 0 Å². The maximum Gasteiger partial charge on any atom is 0.242 e. The first kappa shape index (κ1) is 15.4. The van der Waals surface area contributed by atoms with E-state index in [0.717, 1.165) is 5.56 Å². The molecular formula is C14H18N4O2S. The molecule has 0 saturated carbocycles. The molecule has 1 atom stereocenters. The van der Waals surface area contributed by atoms with E-state index >= 15 is 0 Å². The van der Waals surface area contributed by atoms with Crippen LogP contribution in [0.25, 0.3) is 0 Å². The van der Waals surface area contributed by atoms with Gasteiger partial charge in [0.15, 0.2) is 0 Å². The van der Waals surface area contributed by atoms with Crippen molar-refractivity contribution in [3.8, 4) is 0 Å². The number of pyridine rings is 1. The molecule has 0 bridgehead atoms. The summed E-state index contributed by atoms with van der Waals surface area (Å²) in [7, 11) is -3.57. The molecule has 112 valence electrons. The van der Waals surface area contributed by atoms with Crippen molar-refractivity contribution in [3.05, 3.63) is 54.2 Å². The Morgan fingerprint density at radius 2 is 1.90 bits per heavy atom. The minimum absolute atomic E-state index is 0.0823. The van der Waals surface area contributed by atoms with Gasteiger partial charge in [-0.1, -0.05) is 37.3 Å². The van der Waals surface area contributed by atoms with E-state index in [9.17, 15) is 8.42 Å². The number of nitrogens with zero attached hydrogens (tertiary/aromatic N) is 1. The standard InChI is InChI=1S/C14H18N4O2S/c1-11(12-5-3-2-4-6-12)9-17-21(19,20)13-7-8-14(18-15)16-10-13/h2-8,10-11,17H,9,15H2,1H3,(H,16,18). The number of nitrogens with two attached hydrogens (primary N) is 1. The van der Waals surface area contributed by atoms with Gasteiger partial charge in [-0.05, 0) is 23.6 Å². The minimum atomic E-state index is -3.57. The number of hydrogen-bond acceptors (Lipinski definition) is 5. The van der Waals surface area contributed by atoms with Gasteiger partial charge in [-0.3, -0.25) is 0 Å². The highest BCUT2D eigenvalue weighted by Gasteiger charge is 2.16.